The molecule has 256 valence electrons. The Bertz CT molecular complexity index is 1340. The predicted molar refractivity (Wildman–Crippen MR) is 162 cm³/mol. The van der Waals surface area contributed by atoms with E-state index in [1.165, 1.54) is 0 Å². The van der Waals surface area contributed by atoms with E-state index >= 15 is 0 Å². The summed E-state index contributed by atoms with van der Waals surface area (Å²) in [6.45, 7) is 10.1. The minimum absolute atomic E-state index is 0.0263. The number of hydrogen-bond donors (Lipinski definition) is 5. The van der Waals surface area contributed by atoms with Gasteiger partial charge in [0, 0.05) is 6.42 Å². The molecule has 4 aliphatic carbocycles. The van der Waals surface area contributed by atoms with Gasteiger partial charge in [0.05, 0.1) is 30.3 Å². The van der Waals surface area contributed by atoms with Crippen LogP contribution in [0.3, 0.4) is 0 Å². The number of cyclic esters (lactones) is 1. The number of hydrogen-bond acceptors (Lipinski definition) is 11. The Hall–Kier alpha value is -1.70. The molecule has 7 aliphatic rings. The van der Waals surface area contributed by atoms with Crippen LogP contribution in [0, 0.1) is 39.9 Å². The maximum atomic E-state index is 13.5. The minimum atomic E-state index is -1.56. The molecule has 0 aromatic rings. The number of allylic oxidation sites excluding steroid dienone is 1. The van der Waals surface area contributed by atoms with E-state index in [1.54, 1.807) is 12.2 Å². The number of epoxide rings is 1. The van der Waals surface area contributed by atoms with Crippen LogP contribution in [0.15, 0.2) is 23.3 Å². The molecule has 11 heteroatoms. The average Bonchev–Trinajstić information content (AvgIpc) is 3.70. The molecule has 0 aromatic heterocycles. The van der Waals surface area contributed by atoms with Crippen molar-refractivity contribution < 1.29 is 54.1 Å². The largest absolute Gasteiger partial charge is 0.458 e. The van der Waals surface area contributed by atoms with Gasteiger partial charge in [-0.3, -0.25) is 4.79 Å². The molecule has 16 atom stereocenters. The Morgan fingerprint density at radius 3 is 2.41 bits per heavy atom. The number of rotatable bonds is 6. The van der Waals surface area contributed by atoms with E-state index in [4.69, 9.17) is 18.9 Å². The number of carbonyl (C=O) groups excluding carboxylic acids is 2. The van der Waals surface area contributed by atoms with Crippen LogP contribution in [0.2, 0.25) is 0 Å². The summed E-state index contributed by atoms with van der Waals surface area (Å²) in [5.41, 5.74) is -0.424. The van der Waals surface area contributed by atoms with Crippen LogP contribution in [0.4, 0.5) is 0 Å². The van der Waals surface area contributed by atoms with Crippen molar-refractivity contribution in [2.75, 3.05) is 13.2 Å². The van der Waals surface area contributed by atoms with Crippen LogP contribution in [-0.2, 0) is 28.5 Å². The lowest BCUT2D eigenvalue weighted by molar-refractivity contribution is -0.299. The first-order chi connectivity index (χ1) is 21.7. The molecule has 1 spiro atoms. The molecule has 2 saturated heterocycles. The van der Waals surface area contributed by atoms with Crippen molar-refractivity contribution in [2.24, 2.45) is 39.9 Å². The van der Waals surface area contributed by atoms with Crippen molar-refractivity contribution in [3.8, 4) is 0 Å². The SMILES string of the molecule is CC1=C(CO[C@@H]2O[C@H](CO)[C@@H](O)[C@H](O)[C@H]2O)C(=O)O[C@@H]([C@@H](C)[C@H]2CC[C@@]3(C)[C@@H]4C[C@H]5O[C@]56[C@@H](O)C=CC(=O)[C@]6(C)[C@H]4CC[C@]23C)C1. The van der Waals surface area contributed by atoms with Gasteiger partial charge < -0.3 is 44.5 Å². The summed E-state index contributed by atoms with van der Waals surface area (Å²) in [5, 5.41) is 50.9. The number of ketones is 1. The fourth-order valence-electron chi connectivity index (χ4n) is 11.4. The number of fused-ring (bicyclic) bond motifs is 4. The highest BCUT2D eigenvalue weighted by molar-refractivity contribution is 5.98. The predicted octanol–water partition coefficient (Wildman–Crippen LogP) is 1.57. The molecule has 0 bridgehead atoms. The maximum absolute atomic E-state index is 13.5. The van der Waals surface area contributed by atoms with Gasteiger partial charge in [-0.15, -0.1) is 0 Å². The zero-order valence-electron chi connectivity index (χ0n) is 27.4. The highest BCUT2D eigenvalue weighted by atomic mass is 16.7. The smallest absolute Gasteiger partial charge is 0.336 e. The van der Waals surface area contributed by atoms with E-state index in [9.17, 15) is 35.1 Å². The quantitative estimate of drug-likeness (QED) is 0.209. The second kappa shape index (κ2) is 10.9. The molecule has 5 fully saturated rings. The van der Waals surface area contributed by atoms with Gasteiger partial charge in [0.25, 0.3) is 0 Å². The van der Waals surface area contributed by atoms with Crippen LogP contribution in [-0.4, -0.2) is 105 Å². The molecule has 11 nitrogen and oxygen atoms in total. The van der Waals surface area contributed by atoms with Crippen LogP contribution in [0.25, 0.3) is 0 Å². The Morgan fingerprint density at radius 2 is 1.72 bits per heavy atom. The van der Waals surface area contributed by atoms with E-state index in [0.717, 1.165) is 37.7 Å². The van der Waals surface area contributed by atoms with Gasteiger partial charge in [0.15, 0.2) is 12.1 Å². The molecule has 3 saturated carbocycles. The fraction of sp³-hybridized carbons (Fsp3) is 0.829. The molecule has 0 amide bonds. The average molecular weight is 647 g/mol. The number of aliphatic hydroxyl groups is 5. The van der Waals surface area contributed by atoms with E-state index in [0.29, 0.717) is 23.8 Å². The van der Waals surface area contributed by atoms with Gasteiger partial charge in [-0.1, -0.05) is 26.3 Å². The lowest BCUT2D eigenvalue weighted by atomic mass is 9.40. The number of carbonyl (C=O) groups is 2. The van der Waals surface area contributed by atoms with Crippen molar-refractivity contribution in [3.05, 3.63) is 23.3 Å². The summed E-state index contributed by atoms with van der Waals surface area (Å²) < 4.78 is 23.5. The zero-order chi connectivity index (χ0) is 33.1. The van der Waals surface area contributed by atoms with Crippen LogP contribution in [0.5, 0.6) is 0 Å². The molecule has 0 unspecified atom stereocenters. The van der Waals surface area contributed by atoms with Crippen LogP contribution in [0.1, 0.15) is 73.1 Å². The van der Waals surface area contributed by atoms with Crippen LogP contribution >= 0.6 is 0 Å². The Balaban J connectivity index is 1.06. The molecule has 7 rings (SSSR count). The van der Waals surface area contributed by atoms with Gasteiger partial charge >= 0.3 is 5.97 Å². The topological polar surface area (TPSA) is 176 Å². The zero-order valence-corrected chi connectivity index (χ0v) is 27.4. The summed E-state index contributed by atoms with van der Waals surface area (Å²) >= 11 is 0. The lowest BCUT2D eigenvalue weighted by Crippen LogP contribution is -2.65. The van der Waals surface area contributed by atoms with Gasteiger partial charge in [-0.05, 0) is 92.6 Å². The molecular formula is C35H50O11. The fourth-order valence-corrected chi connectivity index (χ4v) is 11.4. The van der Waals surface area contributed by atoms with E-state index in [1.807, 2.05) is 13.8 Å². The molecular weight excluding hydrogens is 596 g/mol. The number of esters is 1. The van der Waals surface area contributed by atoms with Crippen molar-refractivity contribution in [1.82, 2.24) is 0 Å². The Labute approximate surface area is 269 Å². The molecule has 5 N–H and O–H groups in total. The van der Waals surface area contributed by atoms with Crippen molar-refractivity contribution in [2.45, 2.75) is 128 Å². The van der Waals surface area contributed by atoms with E-state index in [2.05, 4.69) is 20.8 Å². The van der Waals surface area contributed by atoms with E-state index in [-0.39, 0.29) is 47.3 Å². The first kappa shape index (κ1) is 32.8. The number of ether oxygens (including phenoxy) is 4. The maximum Gasteiger partial charge on any atom is 0.336 e. The van der Waals surface area contributed by atoms with Crippen molar-refractivity contribution in [1.29, 1.82) is 0 Å². The third-order valence-electron chi connectivity index (χ3n) is 14.5. The lowest BCUT2D eigenvalue weighted by Gasteiger charge is -2.62. The normalized spacial score (nSPS) is 53.6. The number of aliphatic hydroxyl groups excluding tert-OH is 5. The summed E-state index contributed by atoms with van der Waals surface area (Å²) in [7, 11) is 0. The van der Waals surface area contributed by atoms with Gasteiger partial charge in [-0.25, -0.2) is 4.79 Å². The highest BCUT2D eigenvalue weighted by Gasteiger charge is 2.81. The van der Waals surface area contributed by atoms with Crippen molar-refractivity contribution in [3.63, 3.8) is 0 Å². The second-order valence-electron chi connectivity index (χ2n) is 16.0. The Kier molecular flexibility index (Phi) is 7.78. The van der Waals surface area contributed by atoms with E-state index < -0.39 is 60.4 Å². The molecule has 46 heavy (non-hydrogen) atoms. The second-order valence-corrected chi connectivity index (χ2v) is 16.0. The summed E-state index contributed by atoms with van der Waals surface area (Å²) in [4.78, 5) is 26.9. The molecule has 0 radical (unpaired) electrons. The highest BCUT2D eigenvalue weighted by Crippen LogP contribution is 2.76. The molecule has 3 aliphatic heterocycles. The summed E-state index contributed by atoms with van der Waals surface area (Å²) in [6.07, 6.45) is 0.234. The first-order valence-electron chi connectivity index (χ1n) is 17.1. The molecule has 0 aromatic carbocycles. The third-order valence-corrected chi connectivity index (χ3v) is 14.5. The summed E-state index contributed by atoms with van der Waals surface area (Å²) in [5.74, 6) is 0.417. The van der Waals surface area contributed by atoms with Crippen molar-refractivity contribution >= 4 is 11.8 Å². The minimum Gasteiger partial charge on any atom is -0.458 e. The monoisotopic (exact) mass is 646 g/mol. The standard InChI is InChI=1S/C35H50O11/c1-16-12-22(44-30(42)18(16)15-43-31-29(41)28(40)27(39)23(14-36)45-31)17(2)19-8-10-33(4)21-13-26-35(46-26)25(38)7-6-24(37)34(35,5)20(21)9-11-32(19,33)3/h6-7,17,19-23,25-29,31,36,38-41H,8-15H2,1-5H3/t17-,19+,20-,21+,22+,23+,25-,26+,27+,28-,29+,31+,32+,33-,34-,35+/m0/s1. The van der Waals surface area contributed by atoms with Gasteiger partial charge in [-0.2, -0.15) is 0 Å². The van der Waals surface area contributed by atoms with Crippen LogP contribution < -0.4 is 0 Å². The van der Waals surface area contributed by atoms with Gasteiger partial charge in [0.2, 0.25) is 0 Å². The van der Waals surface area contributed by atoms with Gasteiger partial charge in [0.1, 0.15) is 42.2 Å². The summed E-state index contributed by atoms with van der Waals surface area (Å²) in [6, 6.07) is 0. The Morgan fingerprint density at radius 1 is 1.00 bits per heavy atom. The molecule has 3 heterocycles. The first-order valence-corrected chi connectivity index (χ1v) is 17.1. The third kappa shape index (κ3) is 4.19.